The largest absolute Gasteiger partial charge is 0.370 e. The fourth-order valence-electron chi connectivity index (χ4n) is 4.22. The Bertz CT molecular complexity index is 1080. The molecule has 0 saturated heterocycles. The highest BCUT2D eigenvalue weighted by atomic mass is 16.2. The van der Waals surface area contributed by atoms with Crippen LogP contribution in [-0.4, -0.2) is 61.8 Å². The van der Waals surface area contributed by atoms with Gasteiger partial charge in [-0.3, -0.25) is 24.7 Å². The number of rotatable bonds is 18. The topological polar surface area (TPSA) is 178 Å². The molecule has 0 radical (unpaired) electrons. The van der Waals surface area contributed by atoms with Crippen LogP contribution >= 0.6 is 0 Å². The molecule has 0 unspecified atom stereocenters. The summed E-state index contributed by atoms with van der Waals surface area (Å²) in [6.45, 7) is 5.25. The van der Waals surface area contributed by atoms with Crippen molar-refractivity contribution in [1.29, 1.82) is 0 Å². The van der Waals surface area contributed by atoms with Gasteiger partial charge in [0.2, 0.25) is 11.8 Å². The number of carbonyl (C=O) groups excluding carboxylic acids is 3. The van der Waals surface area contributed by atoms with Gasteiger partial charge in [-0.05, 0) is 55.7 Å². The van der Waals surface area contributed by atoms with Crippen LogP contribution in [0.2, 0.25) is 0 Å². The zero-order valence-electron chi connectivity index (χ0n) is 23.7. The van der Waals surface area contributed by atoms with Gasteiger partial charge in [0.05, 0.1) is 12.6 Å². The van der Waals surface area contributed by atoms with E-state index in [2.05, 4.69) is 20.9 Å². The van der Waals surface area contributed by atoms with Gasteiger partial charge in [-0.2, -0.15) is 0 Å². The Morgan fingerprint density at radius 2 is 1.52 bits per heavy atom. The Labute approximate surface area is 237 Å². The van der Waals surface area contributed by atoms with Gasteiger partial charge in [0.25, 0.3) is 0 Å². The van der Waals surface area contributed by atoms with E-state index in [1.165, 1.54) is 0 Å². The van der Waals surface area contributed by atoms with Crippen LogP contribution in [0.5, 0.6) is 0 Å². The molecule has 2 atom stereocenters. The molecule has 9 N–H and O–H groups in total. The van der Waals surface area contributed by atoms with Crippen LogP contribution in [0.25, 0.3) is 11.1 Å². The summed E-state index contributed by atoms with van der Waals surface area (Å²) < 4.78 is 0. The van der Waals surface area contributed by atoms with Gasteiger partial charge in [0.15, 0.2) is 11.7 Å². The van der Waals surface area contributed by atoms with E-state index in [4.69, 9.17) is 17.2 Å². The fourth-order valence-corrected chi connectivity index (χ4v) is 4.22. The third-order valence-electron chi connectivity index (χ3n) is 6.50. The predicted molar refractivity (Wildman–Crippen MR) is 161 cm³/mol. The van der Waals surface area contributed by atoms with Gasteiger partial charge in [0.1, 0.15) is 6.04 Å². The summed E-state index contributed by atoms with van der Waals surface area (Å²) >= 11 is 0. The molecular formula is C30H45N7O3. The smallest absolute Gasteiger partial charge is 0.242 e. The molecular weight excluding hydrogens is 506 g/mol. The maximum absolute atomic E-state index is 13.2. The minimum absolute atomic E-state index is 0.000777. The first-order valence-electron chi connectivity index (χ1n) is 14.0. The second-order valence-electron chi connectivity index (χ2n) is 10.1. The van der Waals surface area contributed by atoms with Crippen molar-refractivity contribution >= 4 is 23.6 Å². The lowest BCUT2D eigenvalue weighted by Crippen LogP contribution is -2.55. The van der Waals surface area contributed by atoms with Gasteiger partial charge in [-0.25, -0.2) is 0 Å². The second-order valence-corrected chi connectivity index (χ2v) is 10.1. The lowest BCUT2D eigenvalue weighted by molar-refractivity contribution is -0.130. The molecule has 0 bridgehead atoms. The Kier molecular flexibility index (Phi) is 14.4. The first-order chi connectivity index (χ1) is 19.2. The van der Waals surface area contributed by atoms with Crippen molar-refractivity contribution in [3.05, 3.63) is 60.2 Å². The summed E-state index contributed by atoms with van der Waals surface area (Å²) in [5.74, 6) is -0.734. The molecule has 0 aliphatic rings. The highest BCUT2D eigenvalue weighted by Crippen LogP contribution is 2.19. The maximum Gasteiger partial charge on any atom is 0.242 e. The van der Waals surface area contributed by atoms with Crippen LogP contribution in [0, 0.1) is 5.92 Å². The average molecular weight is 552 g/mol. The molecule has 10 heteroatoms. The van der Waals surface area contributed by atoms with Crippen molar-refractivity contribution in [3.63, 3.8) is 0 Å². The molecule has 0 aromatic heterocycles. The monoisotopic (exact) mass is 551 g/mol. The van der Waals surface area contributed by atoms with E-state index in [9.17, 15) is 14.4 Å². The molecule has 2 aromatic carbocycles. The minimum Gasteiger partial charge on any atom is -0.370 e. The van der Waals surface area contributed by atoms with Gasteiger partial charge in [0, 0.05) is 18.7 Å². The van der Waals surface area contributed by atoms with E-state index in [1.807, 2.05) is 56.3 Å². The number of Topliss-reactive ketones (excluding diaryl/α,β-unsaturated/α-hetero) is 1. The molecule has 0 aliphatic heterocycles. The molecule has 2 amide bonds. The normalized spacial score (nSPS) is 12.4. The molecule has 10 nitrogen and oxygen atoms in total. The SMILES string of the molecule is CC(C)[C@H](NCC(=O)c1ccc(-c2ccccc2)cc1)C(=O)N[C@@H](CCCCN)C(=O)NCCCCN=C(N)N. The average Bonchev–Trinajstić information content (AvgIpc) is 2.94. The lowest BCUT2D eigenvalue weighted by atomic mass is 10.0. The Morgan fingerprint density at radius 3 is 2.15 bits per heavy atom. The van der Waals surface area contributed by atoms with Crippen LogP contribution in [0.4, 0.5) is 0 Å². The summed E-state index contributed by atoms with van der Waals surface area (Å²) in [6.07, 6.45) is 3.36. The van der Waals surface area contributed by atoms with Crippen LogP contribution in [0.15, 0.2) is 59.6 Å². The van der Waals surface area contributed by atoms with E-state index in [0.717, 1.165) is 24.0 Å². The van der Waals surface area contributed by atoms with Crippen LogP contribution in [0.3, 0.4) is 0 Å². The van der Waals surface area contributed by atoms with E-state index in [0.29, 0.717) is 44.5 Å². The zero-order valence-corrected chi connectivity index (χ0v) is 23.7. The van der Waals surface area contributed by atoms with Crippen LogP contribution in [0.1, 0.15) is 56.3 Å². The zero-order chi connectivity index (χ0) is 29.3. The van der Waals surface area contributed by atoms with Gasteiger partial charge in [-0.1, -0.05) is 68.4 Å². The number of amides is 2. The number of nitrogens with one attached hydrogen (secondary N) is 3. The molecule has 218 valence electrons. The molecule has 40 heavy (non-hydrogen) atoms. The standard InChI is InChI=1S/C30H45N7O3/c1-21(2)27(36-20-26(38)24-15-13-23(14-16-24)22-10-4-3-5-11-22)29(40)37-25(12-6-7-17-31)28(39)34-18-8-9-19-35-30(32)33/h3-5,10-11,13-16,21,25,27,36H,6-9,12,17-20,31H2,1-2H3,(H,34,39)(H,37,40)(H4,32,33,35)/t25-,27-/m0/s1. The van der Waals surface area contributed by atoms with Crippen molar-refractivity contribution in [2.75, 3.05) is 26.2 Å². The Balaban J connectivity index is 1.94. The number of guanidine groups is 1. The van der Waals surface area contributed by atoms with Crippen molar-refractivity contribution in [3.8, 4) is 11.1 Å². The van der Waals surface area contributed by atoms with Gasteiger partial charge >= 0.3 is 0 Å². The Morgan fingerprint density at radius 1 is 0.850 bits per heavy atom. The number of nitrogens with zero attached hydrogens (tertiary/aromatic N) is 1. The van der Waals surface area contributed by atoms with E-state index < -0.39 is 12.1 Å². The summed E-state index contributed by atoms with van der Waals surface area (Å²) in [4.78, 5) is 42.9. The molecule has 0 spiro atoms. The Hall–Kier alpha value is -3.76. The van der Waals surface area contributed by atoms with Gasteiger partial charge < -0.3 is 27.8 Å². The second kappa shape index (κ2) is 17.8. The minimum atomic E-state index is -0.693. The summed E-state index contributed by atoms with van der Waals surface area (Å²) in [6, 6.07) is 16.0. The predicted octanol–water partition coefficient (Wildman–Crippen LogP) is 1.93. The van der Waals surface area contributed by atoms with Crippen molar-refractivity contribution in [2.45, 2.75) is 58.0 Å². The summed E-state index contributed by atoms with van der Waals surface area (Å²) in [5.41, 5.74) is 18.9. The first-order valence-corrected chi connectivity index (χ1v) is 14.0. The van der Waals surface area contributed by atoms with E-state index >= 15 is 0 Å². The van der Waals surface area contributed by atoms with Gasteiger partial charge in [-0.15, -0.1) is 0 Å². The van der Waals surface area contributed by atoms with Crippen molar-refractivity contribution < 1.29 is 14.4 Å². The van der Waals surface area contributed by atoms with Crippen molar-refractivity contribution in [2.24, 2.45) is 28.1 Å². The number of nitrogens with two attached hydrogens (primary N) is 3. The molecule has 0 saturated carbocycles. The highest BCUT2D eigenvalue weighted by molar-refractivity contribution is 5.98. The van der Waals surface area contributed by atoms with Crippen molar-refractivity contribution in [1.82, 2.24) is 16.0 Å². The lowest BCUT2D eigenvalue weighted by Gasteiger charge is -2.25. The highest BCUT2D eigenvalue weighted by Gasteiger charge is 2.27. The molecule has 0 fully saturated rings. The van der Waals surface area contributed by atoms with Crippen LogP contribution < -0.4 is 33.2 Å². The quantitative estimate of drug-likeness (QED) is 0.0709. The fraction of sp³-hybridized carbons (Fsp3) is 0.467. The molecule has 2 aromatic rings. The van der Waals surface area contributed by atoms with Crippen LogP contribution in [-0.2, 0) is 9.59 Å². The number of ketones is 1. The summed E-state index contributed by atoms with van der Waals surface area (Å²) in [5, 5.41) is 8.89. The summed E-state index contributed by atoms with van der Waals surface area (Å²) in [7, 11) is 0. The molecule has 2 rings (SSSR count). The number of hydrogen-bond acceptors (Lipinski definition) is 6. The first kappa shape index (κ1) is 32.5. The number of carbonyl (C=O) groups is 3. The molecule has 0 aliphatic carbocycles. The number of aliphatic imine (C=N–C) groups is 1. The number of unbranched alkanes of at least 4 members (excludes halogenated alkanes) is 2. The van der Waals surface area contributed by atoms with E-state index in [1.54, 1.807) is 12.1 Å². The third kappa shape index (κ3) is 11.5. The number of hydrogen-bond donors (Lipinski definition) is 6. The number of benzene rings is 2. The van der Waals surface area contributed by atoms with E-state index in [-0.39, 0.29) is 36.0 Å². The third-order valence-corrected chi connectivity index (χ3v) is 6.50. The molecule has 0 heterocycles. The maximum atomic E-state index is 13.2.